The van der Waals surface area contributed by atoms with Crippen LogP contribution >= 0.6 is 23.2 Å². The molecule has 7 heteroatoms. The lowest BCUT2D eigenvalue weighted by Crippen LogP contribution is -2.52. The van der Waals surface area contributed by atoms with Crippen LogP contribution in [0.2, 0.25) is 10.0 Å². The highest BCUT2D eigenvalue weighted by Gasteiger charge is 2.39. The van der Waals surface area contributed by atoms with Gasteiger partial charge in [0.1, 0.15) is 6.04 Å². The Balaban J connectivity index is 1.73. The zero-order chi connectivity index (χ0) is 18.7. The Morgan fingerprint density at radius 2 is 1.96 bits per heavy atom. The van der Waals surface area contributed by atoms with Gasteiger partial charge in [-0.15, -0.1) is 0 Å². The molecule has 0 aromatic heterocycles. The Kier molecular flexibility index (Phi) is 6.43. The lowest BCUT2D eigenvalue weighted by molar-refractivity contribution is -0.144. The molecule has 1 heterocycles. The summed E-state index contributed by atoms with van der Waals surface area (Å²) in [5.41, 5.74) is 6.36. The van der Waals surface area contributed by atoms with E-state index in [4.69, 9.17) is 28.9 Å². The van der Waals surface area contributed by atoms with Gasteiger partial charge in [-0.2, -0.15) is 0 Å². The number of benzene rings is 1. The quantitative estimate of drug-likeness (QED) is 0.812. The fourth-order valence-corrected chi connectivity index (χ4v) is 4.59. The van der Waals surface area contributed by atoms with E-state index in [1.54, 1.807) is 23.1 Å². The number of nitrogens with one attached hydrogen (secondary N) is 1. The summed E-state index contributed by atoms with van der Waals surface area (Å²) >= 11 is 12.1. The van der Waals surface area contributed by atoms with Crippen LogP contribution in [0, 0.1) is 11.8 Å². The van der Waals surface area contributed by atoms with Gasteiger partial charge in [0.2, 0.25) is 11.8 Å². The number of amides is 2. The predicted octanol–water partition coefficient (Wildman–Crippen LogP) is 3.69. The fraction of sp³-hybridized carbons (Fsp3) is 0.579. The maximum atomic E-state index is 13.1. The van der Waals surface area contributed by atoms with Crippen molar-refractivity contribution in [1.82, 2.24) is 4.90 Å². The average molecular weight is 398 g/mol. The van der Waals surface area contributed by atoms with Crippen LogP contribution in [0.25, 0.3) is 0 Å². The zero-order valence-corrected chi connectivity index (χ0v) is 16.2. The Morgan fingerprint density at radius 3 is 2.69 bits per heavy atom. The van der Waals surface area contributed by atoms with Crippen molar-refractivity contribution < 1.29 is 9.59 Å². The summed E-state index contributed by atoms with van der Waals surface area (Å²) < 4.78 is 0. The minimum atomic E-state index is -0.456. The van der Waals surface area contributed by atoms with Crippen LogP contribution in [-0.4, -0.2) is 35.8 Å². The first-order valence-corrected chi connectivity index (χ1v) is 10.0. The molecule has 2 amide bonds. The molecule has 3 N–H and O–H groups in total. The molecule has 1 saturated carbocycles. The monoisotopic (exact) mass is 397 g/mol. The molecule has 0 radical (unpaired) electrons. The highest BCUT2D eigenvalue weighted by molar-refractivity contribution is 6.36. The first-order valence-electron chi connectivity index (χ1n) is 9.27. The lowest BCUT2D eigenvalue weighted by Gasteiger charge is -2.37. The van der Waals surface area contributed by atoms with E-state index in [2.05, 4.69) is 5.32 Å². The maximum Gasteiger partial charge on any atom is 0.247 e. The number of anilines is 1. The number of carbonyl (C=O) groups is 2. The van der Waals surface area contributed by atoms with E-state index in [1.807, 2.05) is 0 Å². The SMILES string of the molecule is NC[C@H]1CCC[C@H]1C(=O)N1CCCCC1C(=O)Nc1ccc(Cl)cc1Cl. The van der Waals surface area contributed by atoms with Crippen molar-refractivity contribution in [2.75, 3.05) is 18.4 Å². The molecule has 0 spiro atoms. The lowest BCUT2D eigenvalue weighted by atomic mass is 9.92. The Bertz CT molecular complexity index is 683. The Morgan fingerprint density at radius 1 is 1.15 bits per heavy atom. The molecule has 1 aromatic carbocycles. The second kappa shape index (κ2) is 8.59. The fourth-order valence-electron chi connectivity index (χ4n) is 4.13. The van der Waals surface area contributed by atoms with E-state index in [0.717, 1.165) is 32.1 Å². The van der Waals surface area contributed by atoms with Crippen molar-refractivity contribution in [3.8, 4) is 0 Å². The third kappa shape index (κ3) is 4.16. The van der Waals surface area contributed by atoms with Crippen LogP contribution in [-0.2, 0) is 9.59 Å². The molecule has 142 valence electrons. The van der Waals surface area contributed by atoms with Crippen molar-refractivity contribution >= 4 is 40.7 Å². The average Bonchev–Trinajstić information content (AvgIpc) is 3.12. The maximum absolute atomic E-state index is 13.1. The molecular formula is C19H25Cl2N3O2. The number of carbonyl (C=O) groups excluding carboxylic acids is 2. The molecule has 3 atom stereocenters. The molecule has 1 aromatic rings. The highest BCUT2D eigenvalue weighted by atomic mass is 35.5. The number of likely N-dealkylation sites (tertiary alicyclic amines) is 1. The number of halogens is 2. The number of rotatable bonds is 4. The third-order valence-corrected chi connectivity index (χ3v) is 6.10. The van der Waals surface area contributed by atoms with Gasteiger partial charge >= 0.3 is 0 Å². The molecule has 0 bridgehead atoms. The van der Waals surface area contributed by atoms with E-state index >= 15 is 0 Å². The largest absolute Gasteiger partial charge is 0.330 e. The van der Waals surface area contributed by atoms with Crippen LogP contribution in [0.5, 0.6) is 0 Å². The number of nitrogens with two attached hydrogens (primary N) is 1. The van der Waals surface area contributed by atoms with E-state index in [-0.39, 0.29) is 23.7 Å². The van der Waals surface area contributed by atoms with Crippen molar-refractivity contribution in [3.05, 3.63) is 28.2 Å². The van der Waals surface area contributed by atoms with E-state index in [9.17, 15) is 9.59 Å². The molecule has 5 nitrogen and oxygen atoms in total. The first-order chi connectivity index (χ1) is 12.5. The van der Waals surface area contributed by atoms with Crippen LogP contribution in [0.15, 0.2) is 18.2 Å². The molecular weight excluding hydrogens is 373 g/mol. The van der Waals surface area contributed by atoms with Gasteiger partial charge in [-0.25, -0.2) is 0 Å². The Hall–Kier alpha value is -1.30. The number of hydrogen-bond acceptors (Lipinski definition) is 3. The van der Waals surface area contributed by atoms with Crippen LogP contribution in [0.3, 0.4) is 0 Å². The van der Waals surface area contributed by atoms with E-state index < -0.39 is 6.04 Å². The van der Waals surface area contributed by atoms with Crippen LogP contribution in [0.1, 0.15) is 38.5 Å². The van der Waals surface area contributed by atoms with Crippen molar-refractivity contribution in [2.24, 2.45) is 17.6 Å². The van der Waals surface area contributed by atoms with E-state index in [1.165, 1.54) is 0 Å². The van der Waals surface area contributed by atoms with Gasteiger partial charge in [0, 0.05) is 17.5 Å². The number of hydrogen-bond donors (Lipinski definition) is 2. The molecule has 1 aliphatic heterocycles. The van der Waals surface area contributed by atoms with Crippen LogP contribution < -0.4 is 11.1 Å². The minimum Gasteiger partial charge on any atom is -0.330 e. The van der Waals surface area contributed by atoms with E-state index in [0.29, 0.717) is 35.2 Å². The molecule has 26 heavy (non-hydrogen) atoms. The topological polar surface area (TPSA) is 75.4 Å². The highest BCUT2D eigenvalue weighted by Crippen LogP contribution is 2.34. The van der Waals surface area contributed by atoms with Gasteiger partial charge in [0.25, 0.3) is 0 Å². The second-order valence-corrected chi connectivity index (χ2v) is 8.03. The summed E-state index contributed by atoms with van der Waals surface area (Å²) in [4.78, 5) is 27.7. The second-order valence-electron chi connectivity index (χ2n) is 7.19. The molecule has 1 aliphatic carbocycles. The summed E-state index contributed by atoms with van der Waals surface area (Å²) in [6.45, 7) is 1.15. The van der Waals surface area contributed by atoms with Gasteiger partial charge in [0.05, 0.1) is 10.7 Å². The van der Waals surface area contributed by atoms with Crippen molar-refractivity contribution in [2.45, 2.75) is 44.6 Å². The van der Waals surface area contributed by atoms with Crippen LogP contribution in [0.4, 0.5) is 5.69 Å². The third-order valence-electron chi connectivity index (χ3n) is 5.56. The van der Waals surface area contributed by atoms with Gasteiger partial charge in [-0.05, 0) is 62.8 Å². The molecule has 1 saturated heterocycles. The van der Waals surface area contributed by atoms with Gasteiger partial charge in [-0.3, -0.25) is 9.59 Å². The minimum absolute atomic E-state index is 0.0486. The predicted molar refractivity (Wildman–Crippen MR) is 104 cm³/mol. The molecule has 1 unspecified atom stereocenters. The summed E-state index contributed by atoms with van der Waals surface area (Å²) in [6, 6.07) is 4.49. The van der Waals surface area contributed by atoms with Gasteiger partial charge < -0.3 is 16.0 Å². The summed E-state index contributed by atoms with van der Waals surface area (Å²) in [7, 11) is 0. The molecule has 2 fully saturated rings. The number of piperidine rings is 1. The normalized spacial score (nSPS) is 26.0. The van der Waals surface area contributed by atoms with Crippen molar-refractivity contribution in [3.63, 3.8) is 0 Å². The standard InChI is InChI=1S/C19H25Cl2N3O2/c20-13-7-8-16(15(21)10-13)23-18(25)17-6-1-2-9-24(17)19(26)14-5-3-4-12(14)11-22/h7-8,10,12,14,17H,1-6,9,11,22H2,(H,23,25)/t12-,14-,17?/m1/s1. The first kappa shape index (κ1) is 19.5. The summed E-state index contributed by atoms with van der Waals surface area (Å²) in [6.07, 6.45) is 5.43. The van der Waals surface area contributed by atoms with Gasteiger partial charge in [-0.1, -0.05) is 29.6 Å². The molecule has 3 rings (SSSR count). The summed E-state index contributed by atoms with van der Waals surface area (Å²) in [5.74, 6) is 0.0796. The van der Waals surface area contributed by atoms with Gasteiger partial charge in [0.15, 0.2) is 0 Å². The summed E-state index contributed by atoms with van der Waals surface area (Å²) in [5, 5.41) is 3.76. The smallest absolute Gasteiger partial charge is 0.247 e. The Labute approximate surface area is 164 Å². The van der Waals surface area contributed by atoms with Crippen molar-refractivity contribution in [1.29, 1.82) is 0 Å². The zero-order valence-electron chi connectivity index (χ0n) is 14.7. The molecule has 2 aliphatic rings. The number of nitrogens with zero attached hydrogens (tertiary/aromatic N) is 1.